The highest BCUT2D eigenvalue weighted by Crippen LogP contribution is 2.32. The van der Waals surface area contributed by atoms with Gasteiger partial charge in [-0.25, -0.2) is 0 Å². The number of aromatic nitrogens is 2. The van der Waals surface area contributed by atoms with Crippen LogP contribution in [0, 0.1) is 0 Å². The molecule has 1 aliphatic heterocycles. The molecule has 0 fully saturated rings. The molecule has 2 N–H and O–H groups in total. The number of hydrogen-bond acceptors (Lipinski definition) is 6. The van der Waals surface area contributed by atoms with Crippen LogP contribution in [-0.4, -0.2) is 28.6 Å². The second-order valence-electron chi connectivity index (χ2n) is 6.34. The van der Waals surface area contributed by atoms with E-state index in [1.54, 1.807) is 30.6 Å². The topological polar surface area (TPSA) is 102 Å². The van der Waals surface area contributed by atoms with Crippen LogP contribution in [0.25, 0.3) is 0 Å². The minimum absolute atomic E-state index is 0.166. The summed E-state index contributed by atoms with van der Waals surface area (Å²) < 4.78 is 10.6. The Morgan fingerprint density at radius 3 is 2.59 bits per heavy atom. The van der Waals surface area contributed by atoms with E-state index in [0.717, 1.165) is 11.1 Å². The van der Waals surface area contributed by atoms with Crippen molar-refractivity contribution in [3.8, 4) is 11.5 Å². The van der Waals surface area contributed by atoms with Gasteiger partial charge in [0.05, 0.1) is 0 Å². The molecular weight excluding hydrogens is 372 g/mol. The van der Waals surface area contributed by atoms with Crippen molar-refractivity contribution in [3.63, 3.8) is 0 Å². The zero-order valence-corrected chi connectivity index (χ0v) is 15.4. The Balaban J connectivity index is 1.36. The molecule has 0 aliphatic carbocycles. The summed E-state index contributed by atoms with van der Waals surface area (Å²) in [7, 11) is 0. The largest absolute Gasteiger partial charge is 0.454 e. The Morgan fingerprint density at radius 2 is 1.72 bits per heavy atom. The molecule has 1 aliphatic rings. The van der Waals surface area contributed by atoms with Crippen molar-refractivity contribution >= 4 is 11.8 Å². The number of carbonyl (C=O) groups excluding carboxylic acids is 2. The van der Waals surface area contributed by atoms with Gasteiger partial charge >= 0.3 is 0 Å². The minimum atomic E-state index is -0.371. The van der Waals surface area contributed by atoms with Gasteiger partial charge in [0.15, 0.2) is 11.5 Å². The van der Waals surface area contributed by atoms with Crippen molar-refractivity contribution in [2.45, 2.75) is 13.1 Å². The summed E-state index contributed by atoms with van der Waals surface area (Å²) in [5.74, 6) is 0.680. The van der Waals surface area contributed by atoms with E-state index in [1.807, 2.05) is 18.2 Å². The number of nitrogens with zero attached hydrogens (tertiary/aromatic N) is 2. The fourth-order valence-electron chi connectivity index (χ4n) is 2.81. The lowest BCUT2D eigenvalue weighted by molar-refractivity contribution is 0.0946. The van der Waals surface area contributed by atoms with Gasteiger partial charge < -0.3 is 20.1 Å². The molecule has 8 nitrogen and oxygen atoms in total. The summed E-state index contributed by atoms with van der Waals surface area (Å²) >= 11 is 0. The van der Waals surface area contributed by atoms with Gasteiger partial charge in [0.25, 0.3) is 11.8 Å². The zero-order chi connectivity index (χ0) is 20.1. The highest BCUT2D eigenvalue weighted by molar-refractivity contribution is 5.98. The van der Waals surface area contributed by atoms with Crippen LogP contribution in [0.2, 0.25) is 0 Å². The van der Waals surface area contributed by atoms with Gasteiger partial charge in [-0.3, -0.25) is 19.6 Å². The van der Waals surface area contributed by atoms with E-state index in [-0.39, 0.29) is 24.3 Å². The third kappa shape index (κ3) is 4.49. The first-order chi connectivity index (χ1) is 14.2. The first-order valence-electron chi connectivity index (χ1n) is 8.99. The van der Waals surface area contributed by atoms with Crippen LogP contribution in [0.15, 0.2) is 61.1 Å². The SMILES string of the molecule is O=C(NCc1cccnc1)c1ccnc(C(=O)NCc2ccc3c(c2)OCO3)c1. The smallest absolute Gasteiger partial charge is 0.270 e. The third-order valence-corrected chi connectivity index (χ3v) is 4.32. The second-order valence-corrected chi connectivity index (χ2v) is 6.34. The predicted octanol–water partition coefficient (Wildman–Crippen LogP) is 2.07. The molecule has 0 saturated heterocycles. The number of nitrogens with one attached hydrogen (secondary N) is 2. The quantitative estimate of drug-likeness (QED) is 0.668. The summed E-state index contributed by atoms with van der Waals surface area (Å²) in [6.45, 7) is 0.847. The molecule has 0 saturated carbocycles. The number of pyridine rings is 2. The minimum Gasteiger partial charge on any atom is -0.454 e. The van der Waals surface area contributed by atoms with E-state index in [1.165, 1.54) is 12.3 Å². The molecule has 3 heterocycles. The Labute approximate surface area is 166 Å². The fraction of sp³-hybridized carbons (Fsp3) is 0.143. The number of ether oxygens (including phenoxy) is 2. The molecule has 1 aromatic carbocycles. The normalized spacial score (nSPS) is 11.7. The standard InChI is InChI=1S/C21H18N4O4/c26-20(24-12-15-2-1-6-22-10-15)16-5-7-23-17(9-16)21(27)25-11-14-3-4-18-19(8-14)29-13-28-18/h1-10H,11-13H2,(H,24,26)(H,25,27). The highest BCUT2D eigenvalue weighted by Gasteiger charge is 2.15. The maximum absolute atomic E-state index is 12.4. The molecule has 146 valence electrons. The molecule has 0 unspecified atom stereocenters. The molecule has 3 aromatic rings. The van der Waals surface area contributed by atoms with Crippen LogP contribution < -0.4 is 20.1 Å². The van der Waals surface area contributed by atoms with E-state index >= 15 is 0 Å². The summed E-state index contributed by atoms with van der Waals surface area (Å²) in [4.78, 5) is 32.9. The van der Waals surface area contributed by atoms with E-state index in [9.17, 15) is 9.59 Å². The number of rotatable bonds is 6. The Kier molecular flexibility index (Phi) is 5.33. The van der Waals surface area contributed by atoms with Gasteiger partial charge in [-0.2, -0.15) is 0 Å². The van der Waals surface area contributed by atoms with Gasteiger partial charge in [0.2, 0.25) is 6.79 Å². The van der Waals surface area contributed by atoms with E-state index < -0.39 is 0 Å². The maximum atomic E-state index is 12.4. The number of benzene rings is 1. The van der Waals surface area contributed by atoms with Crippen LogP contribution in [0.3, 0.4) is 0 Å². The summed E-state index contributed by atoms with van der Waals surface area (Å²) in [5.41, 5.74) is 2.28. The van der Waals surface area contributed by atoms with Crippen LogP contribution in [0.4, 0.5) is 0 Å². The van der Waals surface area contributed by atoms with Crippen molar-refractivity contribution < 1.29 is 19.1 Å². The molecule has 2 amide bonds. The van der Waals surface area contributed by atoms with Crippen LogP contribution in [0.1, 0.15) is 32.0 Å². The van der Waals surface area contributed by atoms with E-state index in [2.05, 4.69) is 20.6 Å². The van der Waals surface area contributed by atoms with Gasteiger partial charge in [0, 0.05) is 37.2 Å². The van der Waals surface area contributed by atoms with Crippen molar-refractivity contribution in [2.24, 2.45) is 0 Å². The molecule has 0 spiro atoms. The number of hydrogen-bond donors (Lipinski definition) is 2. The molecular formula is C21H18N4O4. The number of carbonyl (C=O) groups is 2. The highest BCUT2D eigenvalue weighted by atomic mass is 16.7. The first-order valence-corrected chi connectivity index (χ1v) is 8.99. The lowest BCUT2D eigenvalue weighted by Gasteiger charge is -2.08. The summed E-state index contributed by atoms with van der Waals surface area (Å²) in [5, 5.41) is 5.59. The van der Waals surface area contributed by atoms with Gasteiger partial charge in [-0.1, -0.05) is 12.1 Å². The molecule has 29 heavy (non-hydrogen) atoms. The Hall–Kier alpha value is -3.94. The van der Waals surface area contributed by atoms with E-state index in [4.69, 9.17) is 9.47 Å². The van der Waals surface area contributed by atoms with Gasteiger partial charge in [0.1, 0.15) is 5.69 Å². The van der Waals surface area contributed by atoms with Gasteiger partial charge in [-0.05, 0) is 41.5 Å². The molecule has 0 atom stereocenters. The van der Waals surface area contributed by atoms with E-state index in [0.29, 0.717) is 30.2 Å². The summed E-state index contributed by atoms with van der Waals surface area (Å²) in [6.07, 6.45) is 4.79. The second kappa shape index (κ2) is 8.39. The number of fused-ring (bicyclic) bond motifs is 1. The maximum Gasteiger partial charge on any atom is 0.270 e. The van der Waals surface area contributed by atoms with Crippen LogP contribution in [0.5, 0.6) is 11.5 Å². The molecule has 0 bridgehead atoms. The average Bonchev–Trinajstić information content (AvgIpc) is 3.24. The van der Waals surface area contributed by atoms with Gasteiger partial charge in [-0.15, -0.1) is 0 Å². The van der Waals surface area contributed by atoms with Crippen molar-refractivity contribution in [1.82, 2.24) is 20.6 Å². The molecule has 4 rings (SSSR count). The molecule has 8 heteroatoms. The van der Waals surface area contributed by atoms with Crippen molar-refractivity contribution in [1.29, 1.82) is 0 Å². The Morgan fingerprint density at radius 1 is 0.897 bits per heavy atom. The number of amides is 2. The zero-order valence-electron chi connectivity index (χ0n) is 15.4. The lowest BCUT2D eigenvalue weighted by Crippen LogP contribution is -2.26. The molecule has 0 radical (unpaired) electrons. The van der Waals surface area contributed by atoms with Crippen LogP contribution in [-0.2, 0) is 13.1 Å². The average molecular weight is 390 g/mol. The first kappa shape index (κ1) is 18.4. The van der Waals surface area contributed by atoms with Crippen molar-refractivity contribution in [2.75, 3.05) is 6.79 Å². The summed E-state index contributed by atoms with van der Waals surface area (Å²) in [6, 6.07) is 12.2. The van der Waals surface area contributed by atoms with Crippen LogP contribution >= 0.6 is 0 Å². The predicted molar refractivity (Wildman–Crippen MR) is 103 cm³/mol. The lowest BCUT2D eigenvalue weighted by atomic mass is 10.2. The van der Waals surface area contributed by atoms with Crippen molar-refractivity contribution in [3.05, 3.63) is 83.4 Å². The monoisotopic (exact) mass is 390 g/mol. The fourth-order valence-corrected chi connectivity index (χ4v) is 2.81. The molecule has 2 aromatic heterocycles. The third-order valence-electron chi connectivity index (χ3n) is 4.32. The Bertz CT molecular complexity index is 1040.